The van der Waals surface area contributed by atoms with Gasteiger partial charge in [0.25, 0.3) is 22.7 Å². The van der Waals surface area contributed by atoms with Crippen molar-refractivity contribution >= 4 is 22.1 Å². The number of halogens is 3. The Balaban J connectivity index is 1.54. The summed E-state index contributed by atoms with van der Waals surface area (Å²) >= 11 is 0. The average molecular weight is 733 g/mol. The van der Waals surface area contributed by atoms with Crippen molar-refractivity contribution in [2.24, 2.45) is 5.28 Å². The number of sulfonamides is 1. The van der Waals surface area contributed by atoms with Gasteiger partial charge in [-0.1, -0.05) is 60.2 Å². The highest BCUT2D eigenvalue weighted by Crippen LogP contribution is 2.33. The van der Waals surface area contributed by atoms with E-state index in [1.807, 2.05) is 11.6 Å². The van der Waals surface area contributed by atoms with Crippen LogP contribution in [0.2, 0.25) is 0 Å². The maximum absolute atomic E-state index is 13.6. The molecule has 0 aliphatic carbocycles. The number of carbonyl (C=O) groups excluding carboxylic acids is 2. The van der Waals surface area contributed by atoms with Crippen LogP contribution in [0.1, 0.15) is 37.6 Å². The lowest BCUT2D eigenvalue weighted by molar-refractivity contribution is -0.710. The van der Waals surface area contributed by atoms with E-state index in [9.17, 15) is 36.4 Å². The Hall–Kier alpha value is -5.65. The zero-order valence-corrected chi connectivity index (χ0v) is 28.9. The topological polar surface area (TPSA) is 167 Å². The Morgan fingerprint density at radius 1 is 1.02 bits per heavy atom. The van der Waals surface area contributed by atoms with Crippen molar-refractivity contribution in [2.45, 2.75) is 56.8 Å². The van der Waals surface area contributed by atoms with Gasteiger partial charge in [0.15, 0.2) is 11.7 Å². The standard InChI is InChI=1S/C33H35F3N6O8S/c1-22-11-13-24(14-12-22)27-20-29(33(34,35)36)37-41(27)25-15-17-26(18-16-25)51(46,47)38-30(43)28(19-23-9-7-6-8-10-23)40(5)42(45)39-49-21-48-31(44)50-32(2,3)4/h6-18,20,28H,19,21H2,1-5H3,(H,38,43)/t28-/m0/s1. The van der Waals surface area contributed by atoms with Crippen molar-refractivity contribution in [3.8, 4) is 16.9 Å². The van der Waals surface area contributed by atoms with E-state index in [0.717, 1.165) is 40.5 Å². The molecule has 4 rings (SSSR count). The van der Waals surface area contributed by atoms with Crippen molar-refractivity contribution in [3.05, 3.63) is 107 Å². The molecule has 18 heteroatoms. The van der Waals surface area contributed by atoms with Gasteiger partial charge in [-0.3, -0.25) is 4.79 Å². The number of amides is 1. The number of likely N-dealkylation sites (N-methyl/N-ethyl adjacent to an activating group) is 1. The summed E-state index contributed by atoms with van der Waals surface area (Å²) in [5.41, 5.74) is 0.154. The summed E-state index contributed by atoms with van der Waals surface area (Å²) in [4.78, 5) is 29.3. The second kappa shape index (κ2) is 15.5. The number of nitrogens with one attached hydrogen (secondary N) is 1. The number of alkyl halides is 3. The first-order chi connectivity index (χ1) is 23.8. The monoisotopic (exact) mass is 732 g/mol. The average Bonchev–Trinajstić information content (AvgIpc) is 3.51. The molecule has 3 aromatic carbocycles. The predicted molar refractivity (Wildman–Crippen MR) is 175 cm³/mol. The molecule has 0 aliphatic heterocycles. The molecule has 1 aromatic heterocycles. The van der Waals surface area contributed by atoms with Crippen molar-refractivity contribution in [1.82, 2.24) is 19.5 Å². The fraction of sp³-hybridized carbons (Fsp3) is 0.303. The Labute approximate surface area is 291 Å². The number of hydrogen-bond acceptors (Lipinski definition) is 10. The summed E-state index contributed by atoms with van der Waals surface area (Å²) in [6.45, 7) is 5.86. The minimum atomic E-state index is -4.74. The van der Waals surface area contributed by atoms with Gasteiger partial charge in [-0.25, -0.2) is 22.6 Å². The van der Waals surface area contributed by atoms with Crippen LogP contribution in [-0.4, -0.2) is 65.7 Å². The molecule has 0 aliphatic rings. The molecule has 0 saturated heterocycles. The number of rotatable bonds is 12. The molecule has 0 spiro atoms. The molecule has 1 atom stereocenters. The van der Waals surface area contributed by atoms with E-state index in [1.54, 1.807) is 75.4 Å². The van der Waals surface area contributed by atoms with Crippen molar-refractivity contribution < 1.29 is 50.5 Å². The number of nitrogens with zero attached hydrogens (tertiary/aromatic N) is 5. The van der Waals surface area contributed by atoms with Crippen LogP contribution in [0.15, 0.2) is 95.1 Å². The van der Waals surface area contributed by atoms with E-state index in [1.165, 1.54) is 12.1 Å². The lowest BCUT2D eigenvalue weighted by atomic mass is 10.1. The van der Waals surface area contributed by atoms with Crippen molar-refractivity contribution in [2.75, 3.05) is 13.8 Å². The first-order valence-electron chi connectivity index (χ1n) is 15.2. The molecule has 4 aromatic rings. The van der Waals surface area contributed by atoms with Gasteiger partial charge >= 0.3 is 12.3 Å². The van der Waals surface area contributed by atoms with Gasteiger partial charge in [-0.2, -0.15) is 18.3 Å². The molecule has 0 unspecified atom stereocenters. The Kier molecular flexibility index (Phi) is 11.6. The minimum Gasteiger partial charge on any atom is -0.569 e. The second-order valence-corrected chi connectivity index (χ2v) is 13.8. The van der Waals surface area contributed by atoms with Crippen molar-refractivity contribution in [3.63, 3.8) is 0 Å². The zero-order valence-electron chi connectivity index (χ0n) is 28.1. The molecule has 0 radical (unpaired) electrons. The lowest BCUT2D eigenvalue weighted by Gasteiger charge is -2.23. The number of carbonyl (C=O) groups is 2. The first kappa shape index (κ1) is 38.2. The summed E-state index contributed by atoms with van der Waals surface area (Å²) < 4.78 is 80.2. The fourth-order valence-corrected chi connectivity index (χ4v) is 5.52. The van der Waals surface area contributed by atoms with Gasteiger partial charge in [0, 0.05) is 12.0 Å². The number of hydrazine groups is 1. The molecule has 14 nitrogen and oxygen atoms in total. The van der Waals surface area contributed by atoms with Crippen molar-refractivity contribution in [1.29, 1.82) is 0 Å². The van der Waals surface area contributed by atoms with Crippen LogP contribution in [0, 0.1) is 12.1 Å². The third kappa shape index (κ3) is 10.4. The summed E-state index contributed by atoms with van der Waals surface area (Å²) in [5, 5.41) is 20.5. The minimum absolute atomic E-state index is 0.117. The molecule has 1 amide bonds. The van der Waals surface area contributed by atoms with E-state index in [4.69, 9.17) is 9.57 Å². The third-order valence-corrected chi connectivity index (χ3v) is 8.38. The highest BCUT2D eigenvalue weighted by atomic mass is 32.2. The van der Waals surface area contributed by atoms with Gasteiger partial charge in [0.1, 0.15) is 5.60 Å². The van der Waals surface area contributed by atoms with Gasteiger partial charge < -0.3 is 19.5 Å². The quantitative estimate of drug-likeness (QED) is 0.0460. The van der Waals surface area contributed by atoms with Gasteiger partial charge in [0.2, 0.25) is 5.28 Å². The van der Waals surface area contributed by atoms with Gasteiger partial charge in [-0.15, -0.1) is 5.01 Å². The van der Waals surface area contributed by atoms with E-state index < -0.39 is 57.3 Å². The SMILES string of the molecule is Cc1ccc(-c2cc(C(F)(F)F)nn2-c2ccc(S(=O)(=O)NC(=O)[C@H](Cc3ccccc3)N(C)[N+]([O-])=NOCOC(=O)OC(C)(C)C)cc2)cc1. The Morgan fingerprint density at radius 2 is 1.65 bits per heavy atom. The maximum Gasteiger partial charge on any atom is 0.511 e. The number of aromatic nitrogens is 2. The van der Waals surface area contributed by atoms with E-state index in [-0.39, 0.29) is 22.8 Å². The smallest absolute Gasteiger partial charge is 0.511 e. The maximum atomic E-state index is 13.6. The summed E-state index contributed by atoms with van der Waals surface area (Å²) in [6, 6.07) is 19.3. The van der Waals surface area contributed by atoms with Crippen LogP contribution in [0.4, 0.5) is 18.0 Å². The van der Waals surface area contributed by atoms with E-state index >= 15 is 0 Å². The number of benzene rings is 3. The number of ether oxygens (including phenoxy) is 2. The molecule has 0 bridgehead atoms. The predicted octanol–water partition coefficient (Wildman–Crippen LogP) is 5.93. The van der Waals surface area contributed by atoms with Gasteiger partial charge in [-0.05, 0) is 63.6 Å². The Morgan fingerprint density at radius 3 is 2.24 bits per heavy atom. The molecule has 1 N–H and O–H groups in total. The molecule has 0 saturated carbocycles. The van der Waals surface area contributed by atoms with Crippen LogP contribution in [-0.2, 0) is 41.7 Å². The molecular weight excluding hydrogens is 697 g/mol. The molecule has 1 heterocycles. The molecule has 51 heavy (non-hydrogen) atoms. The fourth-order valence-electron chi connectivity index (χ4n) is 4.51. The lowest BCUT2D eigenvalue weighted by Crippen LogP contribution is -2.50. The highest BCUT2D eigenvalue weighted by molar-refractivity contribution is 7.90. The number of hydrogen-bond donors (Lipinski definition) is 1. The molecule has 0 fully saturated rings. The largest absolute Gasteiger partial charge is 0.569 e. The highest BCUT2D eigenvalue weighted by Gasteiger charge is 2.36. The second-order valence-electron chi connectivity index (χ2n) is 12.1. The van der Waals surface area contributed by atoms with Crippen LogP contribution >= 0.6 is 0 Å². The van der Waals surface area contributed by atoms with Crippen LogP contribution in [0.3, 0.4) is 0 Å². The summed E-state index contributed by atoms with van der Waals surface area (Å²) in [5.74, 6) is -1.12. The molecular formula is C33H35F3N6O8S. The van der Waals surface area contributed by atoms with Crippen LogP contribution in [0.5, 0.6) is 0 Å². The van der Waals surface area contributed by atoms with E-state index in [0.29, 0.717) is 11.1 Å². The molecule has 272 valence electrons. The first-order valence-corrected chi connectivity index (χ1v) is 16.7. The number of aryl methyl sites for hydroxylation is 1. The zero-order chi connectivity index (χ0) is 37.6. The Bertz CT molecular complexity index is 1960. The normalized spacial score (nSPS) is 12.9. The van der Waals surface area contributed by atoms with Crippen LogP contribution < -0.4 is 4.72 Å². The summed E-state index contributed by atoms with van der Waals surface area (Å²) in [7, 11) is -3.41. The van der Waals surface area contributed by atoms with Gasteiger partial charge in [0.05, 0.1) is 28.3 Å². The van der Waals surface area contributed by atoms with Crippen LogP contribution in [0.25, 0.3) is 16.9 Å². The third-order valence-electron chi connectivity index (χ3n) is 7.02. The summed E-state index contributed by atoms with van der Waals surface area (Å²) in [6.07, 6.45) is -5.97. The van der Waals surface area contributed by atoms with E-state index in [2.05, 4.69) is 15.1 Å².